The molecule has 0 saturated heterocycles. The van der Waals surface area contributed by atoms with Crippen molar-refractivity contribution >= 4 is 41.0 Å². The van der Waals surface area contributed by atoms with Gasteiger partial charge >= 0.3 is 0 Å². The minimum Gasteiger partial charge on any atom is -0.292 e. The molecule has 0 spiro atoms. The highest BCUT2D eigenvalue weighted by Gasteiger charge is 2.26. The molecule has 4 rings (SSSR count). The van der Waals surface area contributed by atoms with Gasteiger partial charge in [-0.15, -0.1) is 0 Å². The minimum atomic E-state index is -0.602. The van der Waals surface area contributed by atoms with Crippen LogP contribution < -0.4 is 4.90 Å². The average molecular weight is 374 g/mol. The molecule has 1 aromatic heterocycles. The molecule has 8 heteroatoms. The van der Waals surface area contributed by atoms with Crippen LogP contribution in [0.15, 0.2) is 46.4 Å². The first-order chi connectivity index (χ1) is 12.6. The fourth-order valence-corrected chi connectivity index (χ4v) is 3.12. The van der Waals surface area contributed by atoms with Gasteiger partial charge in [0.1, 0.15) is 23.5 Å². The Bertz CT molecular complexity index is 1040. The molecule has 0 amide bonds. The van der Waals surface area contributed by atoms with Crippen LogP contribution in [0.4, 0.5) is 14.5 Å². The number of rotatable bonds is 3. The average Bonchev–Trinajstić information content (AvgIpc) is 3.04. The molecular weight excluding hydrogens is 360 g/mol. The molecule has 132 valence electrons. The molecule has 26 heavy (non-hydrogen) atoms. The molecule has 1 unspecified atom stereocenters. The Hall–Kier alpha value is -2.80. The fourth-order valence-electron chi connectivity index (χ4n) is 3.01. The summed E-state index contributed by atoms with van der Waals surface area (Å²) < 4.78 is 30.0. The maximum Gasteiger partial charge on any atom is 0.210 e. The van der Waals surface area contributed by atoms with Crippen molar-refractivity contribution < 1.29 is 8.78 Å². The molecular formula is C18H14ClF2N5. The van der Waals surface area contributed by atoms with Gasteiger partial charge in [0.05, 0.1) is 16.9 Å². The Morgan fingerprint density at radius 1 is 1.15 bits per heavy atom. The van der Waals surface area contributed by atoms with Crippen molar-refractivity contribution in [1.29, 1.82) is 0 Å². The maximum absolute atomic E-state index is 14.2. The van der Waals surface area contributed by atoms with Crippen molar-refractivity contribution in [2.45, 2.75) is 19.6 Å². The zero-order valence-corrected chi connectivity index (χ0v) is 14.5. The summed E-state index contributed by atoms with van der Waals surface area (Å²) in [6.45, 7) is 1.93. The molecule has 0 radical (unpaired) electrons. The number of benzene rings is 2. The van der Waals surface area contributed by atoms with Crippen molar-refractivity contribution in [3.05, 3.63) is 58.9 Å². The van der Waals surface area contributed by atoms with Gasteiger partial charge < -0.3 is 0 Å². The standard InChI is InChI=1S/C18H14ClF2N5/c1-2-16-24-17-13(20)4-3-5-15(17)26(16)18-23-9-22-10-25(18)11-6-7-12(19)14(21)8-11/h3-10,18H,2H2,1H3. The third-order valence-corrected chi connectivity index (χ3v) is 4.51. The van der Waals surface area contributed by atoms with Gasteiger partial charge in [-0.3, -0.25) is 9.47 Å². The molecule has 1 aliphatic rings. The van der Waals surface area contributed by atoms with E-state index >= 15 is 0 Å². The topological polar surface area (TPSA) is 45.8 Å². The third kappa shape index (κ3) is 2.64. The van der Waals surface area contributed by atoms with Gasteiger partial charge in [-0.1, -0.05) is 24.6 Å². The van der Waals surface area contributed by atoms with Gasteiger partial charge in [-0.25, -0.2) is 23.7 Å². The predicted molar refractivity (Wildman–Crippen MR) is 99.0 cm³/mol. The first kappa shape index (κ1) is 16.7. The SMILES string of the molecule is CCc1nc2c(F)cccc2n1C1N=CN=CN1c1ccc(Cl)c(F)c1. The van der Waals surface area contributed by atoms with E-state index in [9.17, 15) is 8.78 Å². The Balaban J connectivity index is 1.89. The van der Waals surface area contributed by atoms with E-state index in [0.29, 0.717) is 23.4 Å². The summed E-state index contributed by atoms with van der Waals surface area (Å²) in [5.41, 5.74) is 1.42. The van der Waals surface area contributed by atoms with E-state index in [2.05, 4.69) is 15.0 Å². The second-order valence-corrected chi connectivity index (χ2v) is 6.15. The molecule has 0 fully saturated rings. The van der Waals surface area contributed by atoms with Crippen molar-refractivity contribution in [2.75, 3.05) is 4.90 Å². The first-order valence-corrected chi connectivity index (χ1v) is 8.41. The van der Waals surface area contributed by atoms with Crippen LogP contribution in [-0.2, 0) is 6.42 Å². The van der Waals surface area contributed by atoms with Crippen LogP contribution in [0.3, 0.4) is 0 Å². The Morgan fingerprint density at radius 3 is 2.77 bits per heavy atom. The number of aliphatic imine (C=N–C) groups is 2. The summed E-state index contributed by atoms with van der Waals surface area (Å²) >= 11 is 5.79. The van der Waals surface area contributed by atoms with Crippen molar-refractivity contribution in [1.82, 2.24) is 9.55 Å². The number of aromatic nitrogens is 2. The monoisotopic (exact) mass is 373 g/mol. The Kier molecular flexibility index (Phi) is 4.16. The molecule has 2 heterocycles. The first-order valence-electron chi connectivity index (χ1n) is 8.04. The van der Waals surface area contributed by atoms with Gasteiger partial charge in [-0.2, -0.15) is 0 Å². The molecule has 5 nitrogen and oxygen atoms in total. The van der Waals surface area contributed by atoms with Gasteiger partial charge in [0.25, 0.3) is 0 Å². The van der Waals surface area contributed by atoms with E-state index < -0.39 is 17.9 Å². The number of hydrogen-bond acceptors (Lipinski definition) is 4. The highest BCUT2D eigenvalue weighted by Crippen LogP contribution is 2.31. The van der Waals surface area contributed by atoms with E-state index in [0.717, 1.165) is 0 Å². The van der Waals surface area contributed by atoms with Crippen LogP contribution in [0.25, 0.3) is 11.0 Å². The lowest BCUT2D eigenvalue weighted by atomic mass is 10.2. The van der Waals surface area contributed by atoms with Crippen LogP contribution in [0, 0.1) is 11.6 Å². The van der Waals surface area contributed by atoms with E-state index in [1.807, 2.05) is 11.5 Å². The van der Waals surface area contributed by atoms with Crippen LogP contribution in [-0.4, -0.2) is 22.2 Å². The van der Waals surface area contributed by atoms with Crippen molar-refractivity contribution in [2.24, 2.45) is 9.98 Å². The number of anilines is 1. The van der Waals surface area contributed by atoms with Crippen molar-refractivity contribution in [3.63, 3.8) is 0 Å². The molecule has 0 saturated carbocycles. The van der Waals surface area contributed by atoms with Crippen LogP contribution in [0.2, 0.25) is 5.02 Å². The van der Waals surface area contributed by atoms with Crippen molar-refractivity contribution in [3.8, 4) is 0 Å². The molecule has 1 atom stereocenters. The fraction of sp³-hybridized carbons (Fsp3) is 0.167. The third-order valence-electron chi connectivity index (χ3n) is 4.20. The van der Waals surface area contributed by atoms with E-state index in [-0.39, 0.29) is 10.5 Å². The maximum atomic E-state index is 14.2. The summed E-state index contributed by atoms with van der Waals surface area (Å²) in [5.74, 6) is -0.265. The second-order valence-electron chi connectivity index (χ2n) is 5.74. The lowest BCUT2D eigenvalue weighted by Gasteiger charge is -2.30. The van der Waals surface area contributed by atoms with Gasteiger partial charge in [0, 0.05) is 12.1 Å². The summed E-state index contributed by atoms with van der Waals surface area (Å²) in [4.78, 5) is 14.6. The number of nitrogens with zero attached hydrogens (tertiary/aromatic N) is 5. The normalized spacial score (nSPS) is 16.6. The van der Waals surface area contributed by atoms with Gasteiger partial charge in [-0.05, 0) is 30.3 Å². The predicted octanol–water partition coefficient (Wildman–Crippen LogP) is 4.56. The minimum absolute atomic E-state index is 0.0344. The highest BCUT2D eigenvalue weighted by atomic mass is 35.5. The second kappa shape index (κ2) is 6.49. The van der Waals surface area contributed by atoms with E-state index in [4.69, 9.17) is 11.6 Å². The molecule has 3 aromatic rings. The molecule has 1 aliphatic heterocycles. The van der Waals surface area contributed by atoms with Crippen LogP contribution in [0.5, 0.6) is 0 Å². The molecule has 0 bridgehead atoms. The molecule has 2 aromatic carbocycles. The number of aryl methyl sites for hydroxylation is 1. The van der Waals surface area contributed by atoms with Crippen LogP contribution in [0.1, 0.15) is 19.0 Å². The Labute approximate surface area is 153 Å². The van der Waals surface area contributed by atoms with Crippen LogP contribution >= 0.6 is 11.6 Å². The number of hydrogen-bond donors (Lipinski definition) is 0. The highest BCUT2D eigenvalue weighted by molar-refractivity contribution is 6.30. The summed E-state index contributed by atoms with van der Waals surface area (Å²) in [7, 11) is 0. The van der Waals surface area contributed by atoms with Gasteiger partial charge in [0.2, 0.25) is 6.29 Å². The Morgan fingerprint density at radius 2 is 2.00 bits per heavy atom. The molecule has 0 N–H and O–H groups in total. The number of imidazole rings is 1. The summed E-state index contributed by atoms with van der Waals surface area (Å²) in [6.07, 6.45) is 2.94. The molecule has 0 aliphatic carbocycles. The van der Waals surface area contributed by atoms with Gasteiger partial charge in [0.15, 0.2) is 5.82 Å². The van der Waals surface area contributed by atoms with E-state index in [1.165, 1.54) is 24.5 Å². The zero-order valence-electron chi connectivity index (χ0n) is 13.8. The largest absolute Gasteiger partial charge is 0.292 e. The number of fused-ring (bicyclic) bond motifs is 1. The number of para-hydroxylation sites is 1. The zero-order chi connectivity index (χ0) is 18.3. The number of halogens is 3. The quantitative estimate of drug-likeness (QED) is 0.675. The summed E-state index contributed by atoms with van der Waals surface area (Å²) in [6, 6.07) is 9.25. The summed E-state index contributed by atoms with van der Waals surface area (Å²) in [5, 5.41) is 0.0344. The smallest absolute Gasteiger partial charge is 0.210 e. The lowest BCUT2D eigenvalue weighted by molar-refractivity contribution is 0.534. The van der Waals surface area contributed by atoms with E-state index in [1.54, 1.807) is 29.4 Å². The lowest BCUT2D eigenvalue weighted by Crippen LogP contribution is -2.33.